The van der Waals surface area contributed by atoms with Gasteiger partial charge in [-0.2, -0.15) is 0 Å². The number of aryl methyl sites for hydroxylation is 1. The van der Waals surface area contributed by atoms with E-state index in [0.717, 1.165) is 50.2 Å². The highest BCUT2D eigenvalue weighted by Crippen LogP contribution is 2.31. The summed E-state index contributed by atoms with van der Waals surface area (Å²) in [5.74, 6) is 0.755. The molecule has 0 radical (unpaired) electrons. The second-order valence-electron chi connectivity index (χ2n) is 9.76. The van der Waals surface area contributed by atoms with Gasteiger partial charge in [-0.05, 0) is 103 Å². The molecule has 1 saturated heterocycles. The summed E-state index contributed by atoms with van der Waals surface area (Å²) >= 11 is 2.23. The van der Waals surface area contributed by atoms with Gasteiger partial charge in [-0.25, -0.2) is 4.98 Å². The van der Waals surface area contributed by atoms with Crippen molar-refractivity contribution >= 4 is 40.4 Å². The van der Waals surface area contributed by atoms with Gasteiger partial charge in [0.05, 0.1) is 30.9 Å². The lowest BCUT2D eigenvalue weighted by atomic mass is 9.96. The average Bonchev–Trinajstić information content (AvgIpc) is 3.39. The summed E-state index contributed by atoms with van der Waals surface area (Å²) in [6.45, 7) is 4.69. The monoisotopic (exact) mass is 631 g/mol. The zero-order chi connectivity index (χ0) is 27.5. The minimum Gasteiger partial charge on any atom is -0.495 e. The Morgan fingerprint density at radius 2 is 1.74 bits per heavy atom. The molecule has 1 amide bonds. The third-order valence-electron chi connectivity index (χ3n) is 7.14. The quantitative estimate of drug-likeness (QED) is 0.128. The second kappa shape index (κ2) is 11.6. The molecule has 5 rings (SSSR count). The number of aromatic nitrogens is 2. The molecule has 0 unspecified atom stereocenters. The fourth-order valence-corrected chi connectivity index (χ4v) is 5.31. The molecule has 0 saturated carbocycles. The SMILES string of the molecule is COc1cc(/C=C2\CCCN([C@@H](C)c3ccc(C(=O)c4ccc(I)cc4)cc3)C2=O)ccc1-n1cnc(C)c1. The molecule has 2 heterocycles. The number of hydrogen-bond donors (Lipinski definition) is 0. The van der Waals surface area contributed by atoms with Gasteiger partial charge < -0.3 is 14.2 Å². The van der Waals surface area contributed by atoms with Crippen LogP contribution in [-0.2, 0) is 4.79 Å². The number of ketones is 1. The van der Waals surface area contributed by atoms with Crippen LogP contribution < -0.4 is 4.74 Å². The van der Waals surface area contributed by atoms with Crippen molar-refractivity contribution in [2.45, 2.75) is 32.7 Å². The highest BCUT2D eigenvalue weighted by molar-refractivity contribution is 14.1. The molecule has 1 aromatic heterocycles. The summed E-state index contributed by atoms with van der Waals surface area (Å²) in [5, 5.41) is 0. The van der Waals surface area contributed by atoms with Crippen LogP contribution in [0.25, 0.3) is 11.8 Å². The Labute approximate surface area is 242 Å². The van der Waals surface area contributed by atoms with Gasteiger partial charge in [0.2, 0.25) is 5.91 Å². The van der Waals surface area contributed by atoms with Gasteiger partial charge in [0.15, 0.2) is 5.78 Å². The zero-order valence-electron chi connectivity index (χ0n) is 22.2. The van der Waals surface area contributed by atoms with E-state index in [4.69, 9.17) is 4.74 Å². The number of methoxy groups -OCH3 is 1. The van der Waals surface area contributed by atoms with Crippen LogP contribution in [0.1, 0.15) is 58.5 Å². The molecule has 3 aromatic carbocycles. The number of carbonyl (C=O) groups excluding carboxylic acids is 2. The lowest BCUT2D eigenvalue weighted by molar-refractivity contribution is -0.130. The van der Waals surface area contributed by atoms with Crippen LogP contribution in [0, 0.1) is 10.5 Å². The number of hydrogen-bond acceptors (Lipinski definition) is 4. The molecule has 0 N–H and O–H groups in total. The first-order chi connectivity index (χ1) is 18.8. The fourth-order valence-electron chi connectivity index (χ4n) is 4.95. The van der Waals surface area contributed by atoms with Gasteiger partial charge >= 0.3 is 0 Å². The smallest absolute Gasteiger partial charge is 0.250 e. The molecule has 1 aliphatic heterocycles. The Hall–Kier alpha value is -3.72. The Balaban J connectivity index is 1.33. The highest BCUT2D eigenvalue weighted by atomic mass is 127. The largest absolute Gasteiger partial charge is 0.495 e. The van der Waals surface area contributed by atoms with Crippen LogP contribution in [-0.4, -0.2) is 39.8 Å². The molecular weight excluding hydrogens is 601 g/mol. The van der Waals surface area contributed by atoms with Crippen molar-refractivity contribution < 1.29 is 14.3 Å². The summed E-state index contributed by atoms with van der Waals surface area (Å²) < 4.78 is 8.67. The van der Waals surface area contributed by atoms with E-state index in [-0.39, 0.29) is 17.7 Å². The molecule has 1 fully saturated rings. The molecule has 1 aliphatic rings. The third-order valence-corrected chi connectivity index (χ3v) is 7.86. The van der Waals surface area contributed by atoms with Crippen molar-refractivity contribution in [3.8, 4) is 11.4 Å². The number of rotatable bonds is 7. The molecular formula is C32H30IN3O3. The van der Waals surface area contributed by atoms with Crippen molar-refractivity contribution in [3.63, 3.8) is 0 Å². The lowest BCUT2D eigenvalue weighted by Gasteiger charge is -2.34. The molecule has 7 heteroatoms. The van der Waals surface area contributed by atoms with E-state index in [2.05, 4.69) is 27.6 Å². The van der Waals surface area contributed by atoms with Crippen LogP contribution in [0.2, 0.25) is 0 Å². The molecule has 6 nitrogen and oxygen atoms in total. The van der Waals surface area contributed by atoms with Gasteiger partial charge in [-0.3, -0.25) is 9.59 Å². The predicted molar refractivity (Wildman–Crippen MR) is 161 cm³/mol. The average molecular weight is 632 g/mol. The molecule has 0 aliphatic carbocycles. The molecule has 1 atom stereocenters. The Bertz CT molecular complexity index is 1540. The minimum absolute atomic E-state index is 0.00510. The van der Waals surface area contributed by atoms with Gasteiger partial charge in [-0.1, -0.05) is 30.3 Å². The number of amides is 1. The van der Waals surface area contributed by atoms with E-state index < -0.39 is 0 Å². The fraction of sp³-hybridized carbons (Fsp3) is 0.219. The maximum absolute atomic E-state index is 13.5. The maximum Gasteiger partial charge on any atom is 0.250 e. The molecule has 39 heavy (non-hydrogen) atoms. The topological polar surface area (TPSA) is 64.4 Å². The zero-order valence-corrected chi connectivity index (χ0v) is 24.4. The molecule has 0 spiro atoms. The predicted octanol–water partition coefficient (Wildman–Crippen LogP) is 6.79. The van der Waals surface area contributed by atoms with Crippen molar-refractivity contribution in [2.75, 3.05) is 13.7 Å². The summed E-state index contributed by atoms with van der Waals surface area (Å²) in [7, 11) is 1.65. The molecule has 4 aromatic rings. The van der Waals surface area contributed by atoms with Gasteiger partial charge in [-0.15, -0.1) is 0 Å². The van der Waals surface area contributed by atoms with Gasteiger partial charge in [0.1, 0.15) is 5.75 Å². The summed E-state index contributed by atoms with van der Waals surface area (Å²) in [6.07, 6.45) is 7.31. The number of nitrogens with zero attached hydrogens (tertiary/aromatic N) is 3. The lowest BCUT2D eigenvalue weighted by Crippen LogP contribution is -2.38. The van der Waals surface area contributed by atoms with E-state index in [1.54, 1.807) is 13.4 Å². The van der Waals surface area contributed by atoms with E-state index in [9.17, 15) is 9.59 Å². The van der Waals surface area contributed by atoms with Crippen molar-refractivity contribution in [2.24, 2.45) is 0 Å². The van der Waals surface area contributed by atoms with E-state index >= 15 is 0 Å². The Morgan fingerprint density at radius 1 is 1.05 bits per heavy atom. The Morgan fingerprint density at radius 3 is 2.38 bits per heavy atom. The van der Waals surface area contributed by atoms with Crippen molar-refractivity contribution in [1.82, 2.24) is 14.5 Å². The van der Waals surface area contributed by atoms with Crippen LogP contribution >= 0.6 is 22.6 Å². The van der Waals surface area contributed by atoms with Crippen LogP contribution in [0.15, 0.2) is 84.8 Å². The number of ether oxygens (including phenoxy) is 1. The van der Waals surface area contributed by atoms with Crippen LogP contribution in [0.4, 0.5) is 0 Å². The third kappa shape index (κ3) is 5.83. The second-order valence-corrected chi connectivity index (χ2v) is 11.0. The number of imidazole rings is 1. The number of benzene rings is 3. The number of halogens is 1. The summed E-state index contributed by atoms with van der Waals surface area (Å²) in [4.78, 5) is 32.6. The van der Waals surface area contributed by atoms with Crippen LogP contribution in [0.3, 0.4) is 0 Å². The van der Waals surface area contributed by atoms with Crippen LogP contribution in [0.5, 0.6) is 5.75 Å². The van der Waals surface area contributed by atoms with Gasteiger partial charge in [0.25, 0.3) is 0 Å². The summed E-state index contributed by atoms with van der Waals surface area (Å²) in [6, 6.07) is 21.0. The van der Waals surface area contributed by atoms with E-state index in [0.29, 0.717) is 17.7 Å². The highest BCUT2D eigenvalue weighted by Gasteiger charge is 2.28. The molecule has 198 valence electrons. The van der Waals surface area contributed by atoms with E-state index in [1.807, 2.05) is 102 Å². The normalized spacial score (nSPS) is 15.4. The van der Waals surface area contributed by atoms with Gasteiger partial charge in [0, 0.05) is 33.0 Å². The van der Waals surface area contributed by atoms with Crippen molar-refractivity contribution in [1.29, 1.82) is 0 Å². The molecule has 0 bridgehead atoms. The number of carbonyl (C=O) groups is 2. The number of likely N-dealkylation sites (tertiary alicyclic amines) is 1. The first-order valence-corrected chi connectivity index (χ1v) is 14.0. The summed E-state index contributed by atoms with van der Waals surface area (Å²) in [5.41, 5.74) is 5.84. The Kier molecular flexibility index (Phi) is 7.97. The first-order valence-electron chi connectivity index (χ1n) is 12.9. The maximum atomic E-state index is 13.5. The number of piperidine rings is 1. The van der Waals surface area contributed by atoms with Crippen molar-refractivity contribution in [3.05, 3.63) is 116 Å². The van der Waals surface area contributed by atoms with E-state index in [1.165, 1.54) is 0 Å². The first kappa shape index (κ1) is 26.9. The standard InChI is InChI=1S/C32H30IN3O3/c1-21-19-35(20-34-21)29-15-6-23(18-30(29)39-3)17-27-5-4-16-36(32(27)38)22(2)24-7-9-25(10-8-24)31(37)26-11-13-28(33)14-12-26/h6-15,17-20,22H,4-5,16H2,1-3H3/b27-17+/t22-/m0/s1. The minimum atomic E-state index is -0.106.